The molecule has 5 nitrogen and oxygen atoms in total. The van der Waals surface area contributed by atoms with Crippen LogP contribution in [0, 0.1) is 11.3 Å². The van der Waals surface area contributed by atoms with Gasteiger partial charge in [0, 0.05) is 0 Å². The Hall–Kier alpha value is -3.26. The molecule has 120 valence electrons. The number of fused-ring (bicyclic) bond motifs is 1. The molecule has 0 fully saturated rings. The normalized spacial score (nSPS) is 11.3. The highest BCUT2D eigenvalue weighted by molar-refractivity contribution is 5.90. The Morgan fingerprint density at radius 2 is 2.08 bits per heavy atom. The van der Waals surface area contributed by atoms with Gasteiger partial charge in [0.15, 0.2) is 11.5 Å². The first-order valence-electron chi connectivity index (χ1n) is 7.63. The number of allylic oxidation sites excluding steroid dienone is 1. The lowest BCUT2D eigenvalue weighted by Gasteiger charge is -2.09. The van der Waals surface area contributed by atoms with E-state index in [0.717, 1.165) is 16.6 Å². The summed E-state index contributed by atoms with van der Waals surface area (Å²) in [6.07, 6.45) is 1.77. The van der Waals surface area contributed by atoms with E-state index in [1.54, 1.807) is 13.2 Å². The zero-order valence-corrected chi connectivity index (χ0v) is 13.5. The van der Waals surface area contributed by atoms with E-state index in [-0.39, 0.29) is 0 Å². The number of aromatic nitrogens is 2. The second-order valence-corrected chi connectivity index (χ2v) is 5.12. The van der Waals surface area contributed by atoms with Crippen molar-refractivity contribution in [2.75, 3.05) is 13.7 Å². The molecular formula is C19H17N3O2. The molecule has 0 atom stereocenters. The predicted octanol–water partition coefficient (Wildman–Crippen LogP) is 4.03. The van der Waals surface area contributed by atoms with Crippen molar-refractivity contribution in [1.82, 2.24) is 9.97 Å². The van der Waals surface area contributed by atoms with Gasteiger partial charge in [-0.2, -0.15) is 5.26 Å². The predicted molar refractivity (Wildman–Crippen MR) is 93.7 cm³/mol. The van der Waals surface area contributed by atoms with Crippen molar-refractivity contribution in [3.05, 3.63) is 53.9 Å². The fourth-order valence-electron chi connectivity index (χ4n) is 2.45. The summed E-state index contributed by atoms with van der Waals surface area (Å²) >= 11 is 0. The molecule has 5 heteroatoms. The van der Waals surface area contributed by atoms with Gasteiger partial charge < -0.3 is 14.5 Å². The monoisotopic (exact) mass is 319 g/mol. The minimum absolute atomic E-state index is 0.456. The molecule has 1 aromatic heterocycles. The molecule has 3 rings (SSSR count). The van der Waals surface area contributed by atoms with E-state index >= 15 is 0 Å². The maximum absolute atomic E-state index is 9.50. The van der Waals surface area contributed by atoms with Crippen LogP contribution in [0.15, 0.2) is 42.5 Å². The maximum Gasteiger partial charge on any atom is 0.161 e. The number of rotatable bonds is 5. The minimum Gasteiger partial charge on any atom is -0.493 e. The Balaban J connectivity index is 2.00. The quantitative estimate of drug-likeness (QED) is 0.721. The molecule has 2 aromatic carbocycles. The third-order valence-corrected chi connectivity index (χ3v) is 3.56. The number of imidazole rings is 1. The molecule has 0 aliphatic carbocycles. The topological polar surface area (TPSA) is 70.9 Å². The zero-order valence-electron chi connectivity index (χ0n) is 13.5. The van der Waals surface area contributed by atoms with Crippen LogP contribution in [0.4, 0.5) is 0 Å². The van der Waals surface area contributed by atoms with Crippen LogP contribution in [-0.2, 0) is 0 Å². The van der Waals surface area contributed by atoms with E-state index < -0.39 is 0 Å². The average Bonchev–Trinajstić information content (AvgIpc) is 3.04. The summed E-state index contributed by atoms with van der Waals surface area (Å²) in [6.45, 7) is 2.48. The van der Waals surface area contributed by atoms with Crippen molar-refractivity contribution in [3.8, 4) is 17.6 Å². The molecule has 0 unspecified atom stereocenters. The number of hydrogen-bond donors (Lipinski definition) is 1. The summed E-state index contributed by atoms with van der Waals surface area (Å²) in [5, 5.41) is 9.50. The molecule has 0 bridgehead atoms. The molecule has 1 N–H and O–H groups in total. The maximum atomic E-state index is 9.50. The van der Waals surface area contributed by atoms with Crippen molar-refractivity contribution in [3.63, 3.8) is 0 Å². The lowest BCUT2D eigenvalue weighted by Crippen LogP contribution is -1.95. The number of H-pyrrole nitrogens is 1. The molecule has 1 heterocycles. The third kappa shape index (κ3) is 3.08. The van der Waals surface area contributed by atoms with Crippen molar-refractivity contribution in [2.24, 2.45) is 0 Å². The van der Waals surface area contributed by atoms with Crippen LogP contribution >= 0.6 is 0 Å². The molecule has 3 aromatic rings. The van der Waals surface area contributed by atoms with Gasteiger partial charge in [-0.3, -0.25) is 0 Å². The highest BCUT2D eigenvalue weighted by Crippen LogP contribution is 2.29. The van der Waals surface area contributed by atoms with E-state index in [9.17, 15) is 5.26 Å². The largest absolute Gasteiger partial charge is 0.493 e. The summed E-state index contributed by atoms with van der Waals surface area (Å²) in [6, 6.07) is 15.4. The van der Waals surface area contributed by atoms with E-state index in [1.165, 1.54) is 0 Å². The summed E-state index contributed by atoms with van der Waals surface area (Å²) in [5.74, 6) is 1.86. The van der Waals surface area contributed by atoms with Gasteiger partial charge >= 0.3 is 0 Å². The second kappa shape index (κ2) is 6.88. The van der Waals surface area contributed by atoms with Crippen LogP contribution < -0.4 is 9.47 Å². The van der Waals surface area contributed by atoms with E-state index in [0.29, 0.717) is 29.5 Å². The molecular weight excluding hydrogens is 302 g/mol. The van der Waals surface area contributed by atoms with Crippen LogP contribution in [0.5, 0.6) is 11.5 Å². The number of para-hydroxylation sites is 2. The first-order chi connectivity index (χ1) is 11.7. The fraction of sp³-hybridized carbons (Fsp3) is 0.158. The number of nitrogens with zero attached hydrogens (tertiary/aromatic N) is 2. The zero-order chi connectivity index (χ0) is 16.9. The molecule has 0 aliphatic rings. The molecule has 0 radical (unpaired) electrons. The van der Waals surface area contributed by atoms with Crippen LogP contribution in [0.25, 0.3) is 22.7 Å². The van der Waals surface area contributed by atoms with Crippen LogP contribution in [0.3, 0.4) is 0 Å². The average molecular weight is 319 g/mol. The summed E-state index contributed by atoms with van der Waals surface area (Å²) < 4.78 is 10.9. The SMILES string of the molecule is CCOc1ccc(/C=C(/C#N)c2nc3ccccc3[nH]2)cc1OC. The number of nitriles is 1. The van der Waals surface area contributed by atoms with Gasteiger partial charge in [-0.15, -0.1) is 0 Å². The summed E-state index contributed by atoms with van der Waals surface area (Å²) in [5.41, 5.74) is 3.03. The van der Waals surface area contributed by atoms with Crippen molar-refractivity contribution in [1.29, 1.82) is 5.26 Å². The van der Waals surface area contributed by atoms with Crippen molar-refractivity contribution >= 4 is 22.7 Å². The number of nitrogens with one attached hydrogen (secondary N) is 1. The standard InChI is InChI=1S/C19H17N3O2/c1-3-24-17-9-8-13(11-18(17)23-2)10-14(12-20)19-21-15-6-4-5-7-16(15)22-19/h4-11H,3H2,1-2H3,(H,21,22)/b14-10-. The molecule has 0 amide bonds. The van der Waals surface area contributed by atoms with Crippen LogP contribution in [0.1, 0.15) is 18.3 Å². The summed E-state index contributed by atoms with van der Waals surface area (Å²) in [7, 11) is 1.59. The van der Waals surface area contributed by atoms with Gasteiger partial charge in [-0.05, 0) is 42.8 Å². The molecule has 0 spiro atoms. The van der Waals surface area contributed by atoms with E-state index in [2.05, 4.69) is 16.0 Å². The number of ether oxygens (including phenoxy) is 2. The highest BCUT2D eigenvalue weighted by Gasteiger charge is 2.09. The Labute approximate surface area is 140 Å². The van der Waals surface area contributed by atoms with Gasteiger partial charge in [-0.1, -0.05) is 18.2 Å². The van der Waals surface area contributed by atoms with Gasteiger partial charge in [0.05, 0.1) is 30.3 Å². The minimum atomic E-state index is 0.456. The fourth-order valence-corrected chi connectivity index (χ4v) is 2.45. The highest BCUT2D eigenvalue weighted by atomic mass is 16.5. The Morgan fingerprint density at radius 3 is 2.79 bits per heavy atom. The first-order valence-corrected chi connectivity index (χ1v) is 7.63. The van der Waals surface area contributed by atoms with E-state index in [1.807, 2.05) is 49.4 Å². The first kappa shape index (κ1) is 15.6. The Bertz CT molecular complexity index is 902. The number of benzene rings is 2. The van der Waals surface area contributed by atoms with Gasteiger partial charge in [0.1, 0.15) is 11.9 Å². The Morgan fingerprint density at radius 1 is 1.25 bits per heavy atom. The number of aromatic amines is 1. The number of hydrogen-bond acceptors (Lipinski definition) is 4. The van der Waals surface area contributed by atoms with Gasteiger partial charge in [-0.25, -0.2) is 4.98 Å². The second-order valence-electron chi connectivity index (χ2n) is 5.12. The van der Waals surface area contributed by atoms with Crippen molar-refractivity contribution < 1.29 is 9.47 Å². The van der Waals surface area contributed by atoms with Gasteiger partial charge in [0.2, 0.25) is 0 Å². The molecule has 0 aliphatic heterocycles. The lowest BCUT2D eigenvalue weighted by atomic mass is 10.1. The van der Waals surface area contributed by atoms with Gasteiger partial charge in [0.25, 0.3) is 0 Å². The lowest BCUT2D eigenvalue weighted by molar-refractivity contribution is 0.311. The molecule has 24 heavy (non-hydrogen) atoms. The smallest absolute Gasteiger partial charge is 0.161 e. The van der Waals surface area contributed by atoms with E-state index in [4.69, 9.17) is 9.47 Å². The Kier molecular flexibility index (Phi) is 4.48. The third-order valence-electron chi connectivity index (χ3n) is 3.56. The van der Waals surface area contributed by atoms with Crippen LogP contribution in [0.2, 0.25) is 0 Å². The molecule has 0 saturated heterocycles. The van der Waals surface area contributed by atoms with Crippen molar-refractivity contribution in [2.45, 2.75) is 6.92 Å². The van der Waals surface area contributed by atoms with Crippen LogP contribution in [-0.4, -0.2) is 23.7 Å². The summed E-state index contributed by atoms with van der Waals surface area (Å²) in [4.78, 5) is 7.64. The number of methoxy groups -OCH3 is 1. The molecule has 0 saturated carbocycles.